The lowest BCUT2D eigenvalue weighted by atomic mass is 10.1. The summed E-state index contributed by atoms with van der Waals surface area (Å²) < 4.78 is 53.0. The van der Waals surface area contributed by atoms with Crippen molar-refractivity contribution in [3.8, 4) is 0 Å². The maximum absolute atomic E-state index is 13.3. The molecule has 0 aliphatic rings. The molecule has 0 aliphatic carbocycles. The van der Waals surface area contributed by atoms with E-state index in [-0.39, 0.29) is 26.5 Å². The van der Waals surface area contributed by atoms with Gasteiger partial charge in [-0.05, 0) is 37.6 Å². The molecule has 0 fully saturated rings. The van der Waals surface area contributed by atoms with E-state index >= 15 is 0 Å². The summed E-state index contributed by atoms with van der Waals surface area (Å²) in [5.41, 5.74) is 5.55. The maximum atomic E-state index is 13.3. The molecule has 3 rings (SSSR count). The number of hydrogen-bond acceptors (Lipinski definition) is 4. The first-order valence-electron chi connectivity index (χ1n) is 7.91. The van der Waals surface area contributed by atoms with Crippen LogP contribution in [0, 0.1) is 12.7 Å². The summed E-state index contributed by atoms with van der Waals surface area (Å²) in [6.45, 7) is 3.12. The standard InChI is InChI=1S/C18H15F4N3OS/c1-8-7-12(18(20,21)22)13-14(23)15(27-17(13)24-8)16(26)25-9(2)10-3-5-11(19)6-4-10/h3-7,9H,23H2,1-2H3,(H,25,26). The van der Waals surface area contributed by atoms with E-state index in [0.29, 0.717) is 5.56 Å². The Morgan fingerprint density at radius 1 is 1.26 bits per heavy atom. The molecule has 0 radical (unpaired) electrons. The lowest BCUT2D eigenvalue weighted by Gasteiger charge is -2.14. The largest absolute Gasteiger partial charge is 0.417 e. The molecule has 4 nitrogen and oxygen atoms in total. The molecule has 1 unspecified atom stereocenters. The van der Waals surface area contributed by atoms with Gasteiger partial charge in [0.2, 0.25) is 0 Å². The Morgan fingerprint density at radius 2 is 1.89 bits per heavy atom. The number of rotatable bonds is 3. The third-order valence-corrected chi connectivity index (χ3v) is 5.15. The van der Waals surface area contributed by atoms with Crippen molar-refractivity contribution in [3.05, 3.63) is 57.8 Å². The summed E-state index contributed by atoms with van der Waals surface area (Å²) in [6, 6.07) is 5.97. The van der Waals surface area contributed by atoms with Gasteiger partial charge in [-0.2, -0.15) is 13.2 Å². The highest BCUT2D eigenvalue weighted by Gasteiger charge is 2.36. The van der Waals surface area contributed by atoms with Crippen molar-refractivity contribution in [2.24, 2.45) is 0 Å². The van der Waals surface area contributed by atoms with Crippen LogP contribution in [0.25, 0.3) is 10.2 Å². The Hall–Kier alpha value is -2.68. The molecule has 142 valence electrons. The molecule has 3 aromatic rings. The number of halogens is 4. The summed E-state index contributed by atoms with van der Waals surface area (Å²) >= 11 is 0.808. The van der Waals surface area contributed by atoms with Gasteiger partial charge in [0.25, 0.3) is 5.91 Å². The summed E-state index contributed by atoms with van der Waals surface area (Å²) in [7, 11) is 0. The lowest BCUT2D eigenvalue weighted by Crippen LogP contribution is -2.26. The number of hydrogen-bond donors (Lipinski definition) is 2. The fourth-order valence-corrected chi connectivity index (χ4v) is 3.80. The van der Waals surface area contributed by atoms with Crippen molar-refractivity contribution >= 4 is 33.1 Å². The molecule has 0 aliphatic heterocycles. The topological polar surface area (TPSA) is 68.0 Å². The van der Waals surface area contributed by atoms with E-state index in [1.54, 1.807) is 6.92 Å². The van der Waals surface area contributed by atoms with Crippen molar-refractivity contribution in [2.75, 3.05) is 5.73 Å². The van der Waals surface area contributed by atoms with Crippen LogP contribution in [0.1, 0.15) is 39.5 Å². The molecule has 1 atom stereocenters. The van der Waals surface area contributed by atoms with Gasteiger partial charge in [0.1, 0.15) is 15.5 Å². The fraction of sp³-hybridized carbons (Fsp3) is 0.222. The van der Waals surface area contributed by atoms with Crippen LogP contribution in [-0.4, -0.2) is 10.9 Å². The number of nitrogen functional groups attached to an aromatic ring is 1. The number of thiophene rings is 1. The van der Waals surface area contributed by atoms with Crippen LogP contribution in [0.2, 0.25) is 0 Å². The third kappa shape index (κ3) is 3.73. The molecule has 0 saturated heterocycles. The average molecular weight is 397 g/mol. The van der Waals surface area contributed by atoms with Gasteiger partial charge in [-0.15, -0.1) is 11.3 Å². The van der Waals surface area contributed by atoms with E-state index in [9.17, 15) is 22.4 Å². The highest BCUT2D eigenvalue weighted by Crippen LogP contribution is 2.42. The monoisotopic (exact) mass is 397 g/mol. The minimum absolute atomic E-state index is 0.0393. The maximum Gasteiger partial charge on any atom is 0.417 e. The zero-order chi connectivity index (χ0) is 19.9. The molecule has 0 saturated carbocycles. The fourth-order valence-electron chi connectivity index (χ4n) is 2.73. The number of aromatic nitrogens is 1. The predicted octanol–water partition coefficient (Wildman–Crippen LogP) is 4.84. The Morgan fingerprint density at radius 3 is 2.48 bits per heavy atom. The van der Waals surface area contributed by atoms with E-state index < -0.39 is 29.5 Å². The van der Waals surface area contributed by atoms with Crippen LogP contribution in [-0.2, 0) is 6.18 Å². The summed E-state index contributed by atoms with van der Waals surface area (Å²) in [5.74, 6) is -1.02. The smallest absolute Gasteiger partial charge is 0.397 e. The van der Waals surface area contributed by atoms with E-state index in [2.05, 4.69) is 10.3 Å². The third-order valence-electron chi connectivity index (χ3n) is 4.06. The summed E-state index contributed by atoms with van der Waals surface area (Å²) in [5, 5.41) is 2.40. The average Bonchev–Trinajstić information content (AvgIpc) is 2.90. The first-order chi connectivity index (χ1) is 12.6. The Balaban J connectivity index is 1.98. The molecule has 27 heavy (non-hydrogen) atoms. The normalized spacial score (nSPS) is 13.0. The van der Waals surface area contributed by atoms with Crippen LogP contribution in [0.4, 0.5) is 23.2 Å². The van der Waals surface area contributed by atoms with Crippen molar-refractivity contribution < 1.29 is 22.4 Å². The number of anilines is 1. The van der Waals surface area contributed by atoms with E-state index in [1.165, 1.54) is 31.2 Å². The number of benzene rings is 1. The van der Waals surface area contributed by atoms with E-state index in [0.717, 1.165) is 17.4 Å². The van der Waals surface area contributed by atoms with Crippen LogP contribution < -0.4 is 11.1 Å². The van der Waals surface area contributed by atoms with Crippen LogP contribution in [0.3, 0.4) is 0 Å². The molecule has 9 heteroatoms. The number of aryl methyl sites for hydroxylation is 1. The van der Waals surface area contributed by atoms with Crippen molar-refractivity contribution in [1.82, 2.24) is 10.3 Å². The molecule has 0 spiro atoms. The number of nitrogens with one attached hydrogen (secondary N) is 1. The molecule has 1 amide bonds. The quantitative estimate of drug-likeness (QED) is 0.622. The second-order valence-corrected chi connectivity index (χ2v) is 7.08. The molecule has 2 aromatic heterocycles. The van der Waals surface area contributed by atoms with Gasteiger partial charge in [-0.3, -0.25) is 4.79 Å². The number of pyridine rings is 1. The first-order valence-corrected chi connectivity index (χ1v) is 8.72. The van der Waals surface area contributed by atoms with E-state index in [4.69, 9.17) is 5.73 Å². The summed E-state index contributed by atoms with van der Waals surface area (Å²) in [6.07, 6.45) is -4.61. The van der Waals surface area contributed by atoms with E-state index in [1.807, 2.05) is 0 Å². The number of carbonyl (C=O) groups excluding carboxylic acids is 1. The molecule has 1 aromatic carbocycles. The number of fused-ring (bicyclic) bond motifs is 1. The van der Waals surface area contributed by atoms with Gasteiger partial charge in [-0.25, -0.2) is 9.37 Å². The summed E-state index contributed by atoms with van der Waals surface area (Å²) in [4.78, 5) is 16.7. The van der Waals surface area contributed by atoms with Gasteiger partial charge in [0.15, 0.2) is 0 Å². The van der Waals surface area contributed by atoms with Crippen molar-refractivity contribution in [2.45, 2.75) is 26.1 Å². The van der Waals surface area contributed by atoms with Crippen LogP contribution in [0.5, 0.6) is 0 Å². The SMILES string of the molecule is Cc1cc(C(F)(F)F)c2c(N)c(C(=O)NC(C)c3ccc(F)cc3)sc2n1. The molecule has 2 heterocycles. The Bertz CT molecular complexity index is 1010. The highest BCUT2D eigenvalue weighted by molar-refractivity contribution is 7.21. The Labute approximate surface area is 156 Å². The molecular weight excluding hydrogens is 382 g/mol. The van der Waals surface area contributed by atoms with Crippen molar-refractivity contribution in [3.63, 3.8) is 0 Å². The minimum atomic E-state index is -4.61. The first kappa shape index (κ1) is 19.1. The second kappa shape index (κ2) is 6.80. The molecular formula is C18H15F4N3OS. The second-order valence-electron chi connectivity index (χ2n) is 6.08. The zero-order valence-corrected chi connectivity index (χ0v) is 15.1. The van der Waals surface area contributed by atoms with Gasteiger partial charge < -0.3 is 11.1 Å². The minimum Gasteiger partial charge on any atom is -0.397 e. The number of alkyl halides is 3. The number of nitrogens with two attached hydrogens (primary N) is 1. The van der Waals surface area contributed by atoms with Gasteiger partial charge in [0, 0.05) is 11.1 Å². The molecule has 0 bridgehead atoms. The highest BCUT2D eigenvalue weighted by atomic mass is 32.1. The zero-order valence-electron chi connectivity index (χ0n) is 14.3. The van der Waals surface area contributed by atoms with Crippen LogP contribution in [0.15, 0.2) is 30.3 Å². The number of carbonyl (C=O) groups is 1. The predicted molar refractivity (Wildman–Crippen MR) is 96.1 cm³/mol. The lowest BCUT2D eigenvalue weighted by molar-refractivity contribution is -0.136. The molecule has 3 N–H and O–H groups in total. The van der Waals surface area contributed by atoms with Gasteiger partial charge in [-0.1, -0.05) is 12.1 Å². The van der Waals surface area contributed by atoms with Crippen molar-refractivity contribution in [1.29, 1.82) is 0 Å². The Kier molecular flexibility index (Phi) is 4.81. The van der Waals surface area contributed by atoms with Gasteiger partial charge >= 0.3 is 6.18 Å². The van der Waals surface area contributed by atoms with Gasteiger partial charge in [0.05, 0.1) is 17.3 Å². The number of nitrogens with zero attached hydrogens (tertiary/aromatic N) is 1. The number of amides is 1. The van der Waals surface area contributed by atoms with Crippen LogP contribution >= 0.6 is 11.3 Å².